The second kappa shape index (κ2) is 19.3. The van der Waals surface area contributed by atoms with Crippen LogP contribution in [-0.2, 0) is 32.5 Å². The van der Waals surface area contributed by atoms with Crippen LogP contribution in [0.4, 0.5) is 51.2 Å². The highest BCUT2D eigenvalue weighted by molar-refractivity contribution is 7.28. The fourth-order valence-electron chi connectivity index (χ4n) is 14.0. The van der Waals surface area contributed by atoms with Crippen molar-refractivity contribution in [2.75, 3.05) is 14.7 Å². The molecule has 0 atom stereocenters. The zero-order chi connectivity index (χ0) is 59.4. The summed E-state index contributed by atoms with van der Waals surface area (Å²) in [4.78, 5) is 7.92. The third-order valence-electron chi connectivity index (χ3n) is 19.3. The van der Waals surface area contributed by atoms with Gasteiger partial charge in [-0.2, -0.15) is 0 Å². The molecule has 84 heavy (non-hydrogen) atoms. The fraction of sp³-hybridized carbons (Fsp3) is 0.316. The largest absolute Gasteiger partial charge is 0.311 e. The van der Waals surface area contributed by atoms with Gasteiger partial charge in [0.25, 0.3) is 6.71 Å². The van der Waals surface area contributed by atoms with Crippen molar-refractivity contribution in [2.45, 2.75) is 163 Å². The molecular weight excluding hydrogens is 1030 g/mol. The van der Waals surface area contributed by atoms with Crippen LogP contribution in [0.3, 0.4) is 0 Å². The highest BCUT2D eigenvalue weighted by Gasteiger charge is 2.48. The summed E-state index contributed by atoms with van der Waals surface area (Å²) in [5.41, 5.74) is 26.6. The summed E-state index contributed by atoms with van der Waals surface area (Å²) in [5, 5.41) is 2.67. The van der Waals surface area contributed by atoms with Crippen molar-refractivity contribution in [3.05, 3.63) is 215 Å². The van der Waals surface area contributed by atoms with Crippen LogP contribution in [-0.4, -0.2) is 6.71 Å². The molecule has 1 aromatic heterocycles. The van der Waals surface area contributed by atoms with Gasteiger partial charge in [0, 0.05) is 60.2 Å². The van der Waals surface area contributed by atoms with Gasteiger partial charge >= 0.3 is 0 Å². The summed E-state index contributed by atoms with van der Waals surface area (Å²) in [7, 11) is 0. The van der Waals surface area contributed by atoms with E-state index in [0.717, 1.165) is 35.6 Å². The van der Waals surface area contributed by atoms with Crippen molar-refractivity contribution in [1.29, 1.82) is 0 Å². The van der Waals surface area contributed by atoms with Gasteiger partial charge in [0.2, 0.25) is 0 Å². The molecule has 0 spiro atoms. The van der Waals surface area contributed by atoms with Gasteiger partial charge < -0.3 is 14.7 Å². The Kier molecular flexibility index (Phi) is 12.9. The van der Waals surface area contributed by atoms with Crippen molar-refractivity contribution in [3.63, 3.8) is 0 Å². The van der Waals surface area contributed by atoms with Crippen LogP contribution in [0.15, 0.2) is 176 Å². The Morgan fingerprint density at radius 2 is 0.917 bits per heavy atom. The minimum absolute atomic E-state index is 0.00523. The first-order valence-corrected chi connectivity index (χ1v) is 31.6. The minimum atomic E-state index is -0.102. The third-order valence-corrected chi connectivity index (χ3v) is 20.5. The molecule has 9 aromatic carbocycles. The molecule has 0 fully saturated rings. The Bertz CT molecular complexity index is 4190. The Balaban J connectivity index is 1.22. The van der Waals surface area contributed by atoms with Crippen LogP contribution < -0.4 is 31.1 Å². The van der Waals surface area contributed by atoms with Crippen molar-refractivity contribution in [3.8, 4) is 11.1 Å². The van der Waals surface area contributed by atoms with Crippen LogP contribution in [0, 0.1) is 6.92 Å². The Morgan fingerprint density at radius 3 is 1.49 bits per heavy atom. The smallest absolute Gasteiger partial charge is 0.254 e. The van der Waals surface area contributed by atoms with Gasteiger partial charge in [0.15, 0.2) is 0 Å². The topological polar surface area (TPSA) is 9.72 Å². The van der Waals surface area contributed by atoms with E-state index in [2.05, 4.69) is 308 Å². The number of aryl methyl sites for hydroxylation is 1. The van der Waals surface area contributed by atoms with E-state index in [1.807, 2.05) is 11.3 Å². The maximum Gasteiger partial charge on any atom is 0.254 e. The summed E-state index contributed by atoms with van der Waals surface area (Å²) < 4.78 is 2.69. The molecule has 0 amide bonds. The minimum Gasteiger partial charge on any atom is -0.311 e. The average Bonchev–Trinajstić information content (AvgIpc) is 0.967. The average molecular weight is 1120 g/mol. The van der Waals surface area contributed by atoms with Crippen molar-refractivity contribution < 1.29 is 0 Å². The van der Waals surface area contributed by atoms with Gasteiger partial charge in [0.1, 0.15) is 0 Å². The predicted octanol–water partition coefficient (Wildman–Crippen LogP) is 21.1. The number of para-hydroxylation sites is 1. The third kappa shape index (κ3) is 9.22. The predicted molar refractivity (Wildman–Crippen MR) is 368 cm³/mol. The first-order chi connectivity index (χ1) is 39.6. The van der Waals surface area contributed by atoms with Gasteiger partial charge in [-0.3, -0.25) is 0 Å². The molecule has 10 aromatic rings. The zero-order valence-corrected chi connectivity index (χ0v) is 53.8. The summed E-state index contributed by atoms with van der Waals surface area (Å²) in [6, 6.07) is 69.1. The summed E-state index contributed by atoms with van der Waals surface area (Å²) >= 11 is 1.98. The van der Waals surface area contributed by atoms with Gasteiger partial charge in [-0.1, -0.05) is 214 Å². The lowest BCUT2D eigenvalue weighted by molar-refractivity contribution is 0.332. The first kappa shape index (κ1) is 55.8. The zero-order valence-electron chi connectivity index (χ0n) is 53.0. The van der Waals surface area contributed by atoms with Crippen molar-refractivity contribution in [2.24, 2.45) is 0 Å². The first-order valence-electron chi connectivity index (χ1n) is 30.8. The molecule has 0 bridgehead atoms. The second-order valence-electron chi connectivity index (χ2n) is 30.2. The standard InChI is InChI=1S/C79H84BN3S/c1-49-43-53(76(8,9)10)31-38-64(49)82-67-48-62-61(78(14,15)41-42-79(62,16)17)47-63(67)80-71-68(82)45-57(81(55-33-27-51(28-34-55)74(2,3)4)56-35-29-52(30-36-56)75(5,6)7)46-69(71)83(65-26-22-21-25-58(65)50-23-19-18-20-24-50)66-39-37-59-60-44-54(77(11,12)13)32-40-70(60)84-73(59)72(66)80/h18-40,43-48H,41-42H2,1-17H3. The van der Waals surface area contributed by atoms with E-state index >= 15 is 0 Å². The highest BCUT2D eigenvalue weighted by atomic mass is 32.1. The van der Waals surface area contributed by atoms with E-state index in [4.69, 9.17) is 0 Å². The Morgan fingerprint density at radius 1 is 0.417 bits per heavy atom. The molecule has 3 aliphatic rings. The number of hydrogen-bond acceptors (Lipinski definition) is 4. The highest BCUT2D eigenvalue weighted by Crippen LogP contribution is 2.54. The van der Waals surface area contributed by atoms with E-state index in [9.17, 15) is 0 Å². The molecule has 0 N–H and O–H groups in total. The van der Waals surface area contributed by atoms with E-state index in [0.29, 0.717) is 0 Å². The van der Waals surface area contributed by atoms with Crippen molar-refractivity contribution in [1.82, 2.24) is 0 Å². The summed E-state index contributed by atoms with van der Waals surface area (Å²) in [6.45, 7) is 40.2. The van der Waals surface area contributed by atoms with Gasteiger partial charge in [-0.15, -0.1) is 11.3 Å². The van der Waals surface area contributed by atoms with Crippen LogP contribution in [0.2, 0.25) is 0 Å². The van der Waals surface area contributed by atoms with Crippen LogP contribution in [0.1, 0.15) is 163 Å². The maximum atomic E-state index is 2.71. The number of thiophene rings is 1. The molecule has 3 nitrogen and oxygen atoms in total. The molecule has 424 valence electrons. The number of hydrogen-bond donors (Lipinski definition) is 0. The monoisotopic (exact) mass is 1120 g/mol. The Hall–Kier alpha value is -7.34. The van der Waals surface area contributed by atoms with E-state index in [-0.39, 0.29) is 39.2 Å². The van der Waals surface area contributed by atoms with E-state index in [1.165, 1.54) is 115 Å². The lowest BCUT2D eigenvalue weighted by atomic mass is 9.33. The van der Waals surface area contributed by atoms with Gasteiger partial charge in [0.05, 0.1) is 11.4 Å². The molecule has 3 heterocycles. The molecule has 0 saturated heterocycles. The van der Waals surface area contributed by atoms with Gasteiger partial charge in [-0.05, 0) is 191 Å². The number of fused-ring (bicyclic) bond motifs is 9. The molecular formula is C79H84BN3S. The quantitative estimate of drug-likeness (QED) is 0.154. The molecule has 0 unspecified atom stereocenters. The number of rotatable bonds is 6. The maximum absolute atomic E-state index is 2.71. The van der Waals surface area contributed by atoms with E-state index in [1.54, 1.807) is 0 Å². The van der Waals surface area contributed by atoms with Crippen LogP contribution in [0.25, 0.3) is 31.3 Å². The summed E-state index contributed by atoms with van der Waals surface area (Å²) in [5.74, 6) is 0. The molecule has 0 saturated carbocycles. The lowest BCUT2D eigenvalue weighted by Crippen LogP contribution is -2.62. The fourth-order valence-corrected chi connectivity index (χ4v) is 15.3. The molecule has 0 radical (unpaired) electrons. The van der Waals surface area contributed by atoms with Crippen LogP contribution in [0.5, 0.6) is 0 Å². The molecule has 13 rings (SSSR count). The second-order valence-corrected chi connectivity index (χ2v) is 31.3. The number of nitrogens with zero attached hydrogens (tertiary/aromatic N) is 3. The normalized spacial score (nSPS) is 15.5. The molecule has 1 aliphatic carbocycles. The van der Waals surface area contributed by atoms with Crippen LogP contribution >= 0.6 is 11.3 Å². The summed E-state index contributed by atoms with van der Waals surface area (Å²) in [6.07, 6.45) is 2.27. The van der Waals surface area contributed by atoms with Gasteiger partial charge in [-0.25, -0.2) is 0 Å². The molecule has 2 aliphatic heterocycles. The number of anilines is 9. The van der Waals surface area contributed by atoms with E-state index < -0.39 is 0 Å². The number of benzene rings is 9. The Labute approximate surface area is 506 Å². The SMILES string of the molecule is Cc1cc(C(C)(C)C)ccc1N1c2cc3c(cc2B2c4c1cc(N(c1ccc(C(C)(C)C)cc1)c1ccc(C(C)(C)C)cc1)cc4N(c1ccccc1-c1ccccc1)c1ccc4c(sc5ccc(C(C)(C)C)cc54)c12)C(C)(C)CCC3(C)C. The lowest BCUT2D eigenvalue weighted by Gasteiger charge is -2.48. The van der Waals surface area contributed by atoms with Crippen molar-refractivity contribution >= 4 is 106 Å². The molecule has 5 heteroatoms.